The number of nitrogens with one attached hydrogen (secondary N) is 1. The number of aliphatic hydroxyl groups excluding tert-OH is 1. The lowest BCUT2D eigenvalue weighted by Gasteiger charge is -2.21. The van der Waals surface area contributed by atoms with E-state index in [0.29, 0.717) is 19.5 Å². The first-order valence-corrected chi connectivity index (χ1v) is 5.86. The predicted molar refractivity (Wildman–Crippen MR) is 68.7 cm³/mol. The summed E-state index contributed by atoms with van der Waals surface area (Å²) in [6, 6.07) is 5.01. The van der Waals surface area contributed by atoms with Crippen molar-refractivity contribution in [3.8, 4) is 0 Å². The third-order valence-electron chi connectivity index (χ3n) is 2.65. The van der Waals surface area contributed by atoms with E-state index < -0.39 is 0 Å². The van der Waals surface area contributed by atoms with Crippen molar-refractivity contribution in [2.75, 3.05) is 25.5 Å². The van der Waals surface area contributed by atoms with Crippen molar-refractivity contribution in [1.29, 1.82) is 0 Å². The van der Waals surface area contributed by atoms with Gasteiger partial charge in [-0.15, -0.1) is 0 Å². The Kier molecular flexibility index (Phi) is 5.38. The van der Waals surface area contributed by atoms with Crippen molar-refractivity contribution in [3.05, 3.63) is 29.6 Å². The standard InChI is InChI=1S/C13H21FN2O/c1-10(17)4-5-16(3)13-7-11(9-15-2)6-12(14)8-13/h6-8,10,15,17H,4-5,9H2,1-3H3. The molecule has 0 radical (unpaired) electrons. The molecule has 0 bridgehead atoms. The molecule has 0 heterocycles. The zero-order valence-corrected chi connectivity index (χ0v) is 10.7. The molecule has 0 aliphatic rings. The quantitative estimate of drug-likeness (QED) is 0.795. The maximum atomic E-state index is 13.4. The maximum Gasteiger partial charge on any atom is 0.125 e. The molecule has 0 amide bonds. The largest absolute Gasteiger partial charge is 0.393 e. The average Bonchev–Trinajstić information content (AvgIpc) is 2.25. The van der Waals surface area contributed by atoms with Crippen LogP contribution < -0.4 is 10.2 Å². The first kappa shape index (κ1) is 13.9. The lowest BCUT2D eigenvalue weighted by Crippen LogP contribution is -2.22. The van der Waals surface area contributed by atoms with E-state index in [2.05, 4.69) is 5.32 Å². The summed E-state index contributed by atoms with van der Waals surface area (Å²) in [6.45, 7) is 3.11. The molecule has 0 aliphatic carbocycles. The van der Waals surface area contributed by atoms with Crippen molar-refractivity contribution in [2.24, 2.45) is 0 Å². The van der Waals surface area contributed by atoms with Crippen LogP contribution in [0.3, 0.4) is 0 Å². The maximum absolute atomic E-state index is 13.4. The summed E-state index contributed by atoms with van der Waals surface area (Å²) in [6.07, 6.45) is 0.344. The number of aliphatic hydroxyl groups is 1. The molecule has 0 aliphatic heterocycles. The zero-order chi connectivity index (χ0) is 12.8. The van der Waals surface area contributed by atoms with Crippen molar-refractivity contribution in [2.45, 2.75) is 26.0 Å². The molecule has 0 spiro atoms. The first-order valence-electron chi connectivity index (χ1n) is 5.86. The Morgan fingerprint density at radius 2 is 2.12 bits per heavy atom. The van der Waals surface area contributed by atoms with E-state index in [1.54, 1.807) is 6.92 Å². The second-order valence-corrected chi connectivity index (χ2v) is 4.41. The Labute approximate surface area is 102 Å². The van der Waals surface area contributed by atoms with Crippen molar-refractivity contribution in [1.82, 2.24) is 5.32 Å². The van der Waals surface area contributed by atoms with E-state index in [-0.39, 0.29) is 11.9 Å². The molecule has 0 fully saturated rings. The number of hydrogen-bond donors (Lipinski definition) is 2. The second-order valence-electron chi connectivity index (χ2n) is 4.41. The SMILES string of the molecule is CNCc1cc(F)cc(N(C)CCC(C)O)c1. The van der Waals surface area contributed by atoms with Gasteiger partial charge in [0.05, 0.1) is 6.10 Å². The van der Waals surface area contributed by atoms with Crippen LogP contribution in [0, 0.1) is 5.82 Å². The highest BCUT2D eigenvalue weighted by molar-refractivity contribution is 5.48. The molecule has 1 aromatic rings. The molecule has 0 saturated heterocycles. The van der Waals surface area contributed by atoms with E-state index in [4.69, 9.17) is 0 Å². The summed E-state index contributed by atoms with van der Waals surface area (Å²) in [5, 5.41) is 12.2. The number of nitrogens with zero attached hydrogens (tertiary/aromatic N) is 1. The van der Waals surface area contributed by atoms with Crippen molar-refractivity contribution >= 4 is 5.69 Å². The van der Waals surface area contributed by atoms with Crippen LogP contribution in [0.25, 0.3) is 0 Å². The van der Waals surface area contributed by atoms with Gasteiger partial charge < -0.3 is 15.3 Å². The fourth-order valence-corrected chi connectivity index (χ4v) is 1.67. The number of halogens is 1. The van der Waals surface area contributed by atoms with Gasteiger partial charge in [0.2, 0.25) is 0 Å². The van der Waals surface area contributed by atoms with Gasteiger partial charge in [-0.25, -0.2) is 4.39 Å². The predicted octanol–water partition coefficient (Wildman–Crippen LogP) is 1.75. The third-order valence-corrected chi connectivity index (χ3v) is 2.65. The van der Waals surface area contributed by atoms with Gasteiger partial charge in [0.25, 0.3) is 0 Å². The van der Waals surface area contributed by atoms with Crippen LogP contribution in [0.4, 0.5) is 10.1 Å². The van der Waals surface area contributed by atoms with Crippen LogP contribution in [0.2, 0.25) is 0 Å². The zero-order valence-electron chi connectivity index (χ0n) is 10.7. The number of benzene rings is 1. The lowest BCUT2D eigenvalue weighted by molar-refractivity contribution is 0.187. The summed E-state index contributed by atoms with van der Waals surface area (Å²) in [4.78, 5) is 1.95. The lowest BCUT2D eigenvalue weighted by atomic mass is 10.1. The van der Waals surface area contributed by atoms with E-state index in [1.807, 2.05) is 25.1 Å². The smallest absolute Gasteiger partial charge is 0.125 e. The van der Waals surface area contributed by atoms with Gasteiger partial charge >= 0.3 is 0 Å². The van der Waals surface area contributed by atoms with E-state index in [1.165, 1.54) is 12.1 Å². The van der Waals surface area contributed by atoms with Gasteiger partial charge in [0.1, 0.15) is 5.82 Å². The number of hydrogen-bond acceptors (Lipinski definition) is 3. The molecule has 1 atom stereocenters. The Balaban J connectivity index is 2.74. The molecule has 96 valence electrons. The minimum absolute atomic E-state index is 0.225. The normalized spacial score (nSPS) is 12.5. The van der Waals surface area contributed by atoms with Crippen molar-refractivity contribution in [3.63, 3.8) is 0 Å². The summed E-state index contributed by atoms with van der Waals surface area (Å²) < 4.78 is 13.4. The topological polar surface area (TPSA) is 35.5 Å². The highest BCUT2D eigenvalue weighted by atomic mass is 19.1. The van der Waals surface area contributed by atoms with Gasteiger partial charge in [0.15, 0.2) is 0 Å². The van der Waals surface area contributed by atoms with Crippen LogP contribution in [-0.2, 0) is 6.54 Å². The average molecular weight is 240 g/mol. The molecule has 2 N–H and O–H groups in total. The molecule has 0 aromatic heterocycles. The Morgan fingerprint density at radius 1 is 1.41 bits per heavy atom. The van der Waals surface area contributed by atoms with Gasteiger partial charge in [0, 0.05) is 25.8 Å². The highest BCUT2D eigenvalue weighted by Gasteiger charge is 2.06. The number of anilines is 1. The van der Waals surface area contributed by atoms with E-state index in [0.717, 1.165) is 11.3 Å². The fourth-order valence-electron chi connectivity index (χ4n) is 1.67. The summed E-state index contributed by atoms with van der Waals surface area (Å²) in [7, 11) is 3.74. The van der Waals surface area contributed by atoms with Crippen LogP contribution >= 0.6 is 0 Å². The Bertz CT molecular complexity index is 355. The minimum atomic E-state index is -0.331. The van der Waals surface area contributed by atoms with Gasteiger partial charge in [-0.1, -0.05) is 0 Å². The Morgan fingerprint density at radius 3 is 2.71 bits per heavy atom. The summed E-state index contributed by atoms with van der Waals surface area (Å²) in [5.74, 6) is -0.225. The van der Waals surface area contributed by atoms with Crippen LogP contribution in [0.15, 0.2) is 18.2 Å². The molecule has 0 saturated carbocycles. The fraction of sp³-hybridized carbons (Fsp3) is 0.538. The third kappa shape index (κ3) is 4.71. The molecule has 1 aromatic carbocycles. The van der Waals surface area contributed by atoms with Crippen LogP contribution in [-0.4, -0.2) is 31.9 Å². The molecule has 17 heavy (non-hydrogen) atoms. The Hall–Kier alpha value is -1.13. The molecule has 3 nitrogen and oxygen atoms in total. The first-order chi connectivity index (χ1) is 8.02. The highest BCUT2D eigenvalue weighted by Crippen LogP contribution is 2.18. The van der Waals surface area contributed by atoms with Gasteiger partial charge in [-0.3, -0.25) is 0 Å². The van der Waals surface area contributed by atoms with Gasteiger partial charge in [-0.05, 0) is 44.2 Å². The molecular formula is C13H21FN2O. The van der Waals surface area contributed by atoms with Gasteiger partial charge in [-0.2, -0.15) is 0 Å². The number of rotatable bonds is 6. The molecule has 4 heteroatoms. The molecule has 1 rings (SSSR count). The van der Waals surface area contributed by atoms with E-state index in [9.17, 15) is 9.50 Å². The summed E-state index contributed by atoms with van der Waals surface area (Å²) >= 11 is 0. The second kappa shape index (κ2) is 6.57. The minimum Gasteiger partial charge on any atom is -0.393 e. The molecular weight excluding hydrogens is 219 g/mol. The monoisotopic (exact) mass is 240 g/mol. The van der Waals surface area contributed by atoms with Crippen LogP contribution in [0.5, 0.6) is 0 Å². The van der Waals surface area contributed by atoms with E-state index >= 15 is 0 Å². The molecule has 1 unspecified atom stereocenters. The summed E-state index contributed by atoms with van der Waals surface area (Å²) in [5.41, 5.74) is 1.77. The van der Waals surface area contributed by atoms with Crippen LogP contribution in [0.1, 0.15) is 18.9 Å². The van der Waals surface area contributed by atoms with Crippen molar-refractivity contribution < 1.29 is 9.50 Å².